The van der Waals surface area contributed by atoms with Crippen LogP contribution in [0, 0.1) is 25.2 Å². The smallest absolute Gasteiger partial charge is 0.256 e. The van der Waals surface area contributed by atoms with Crippen molar-refractivity contribution in [2.45, 2.75) is 26.8 Å². The zero-order chi connectivity index (χ0) is 17.0. The minimum absolute atomic E-state index is 0.0700. The Morgan fingerprint density at radius 2 is 1.96 bits per heavy atom. The number of pyridine rings is 1. The average molecular weight is 318 g/mol. The summed E-state index contributed by atoms with van der Waals surface area (Å²) in [7, 11) is 0. The van der Waals surface area contributed by atoms with E-state index in [0.29, 0.717) is 22.6 Å². The maximum Gasteiger partial charge on any atom is 0.256 e. The molecule has 6 heteroatoms. The topological polar surface area (TPSA) is 55.0 Å². The Labute approximate surface area is 132 Å². The summed E-state index contributed by atoms with van der Waals surface area (Å²) in [5.41, 5.74) is 1.87. The van der Waals surface area contributed by atoms with Crippen LogP contribution in [-0.4, -0.2) is 17.6 Å². The summed E-state index contributed by atoms with van der Waals surface area (Å²) >= 11 is 0. The number of aryl methyl sites for hydroxylation is 2. The van der Waals surface area contributed by atoms with Crippen LogP contribution in [-0.2, 0) is 6.54 Å². The number of hydrogen-bond acceptors (Lipinski definition) is 3. The third-order valence-electron chi connectivity index (χ3n) is 3.46. The fourth-order valence-electron chi connectivity index (χ4n) is 2.37. The zero-order valence-corrected chi connectivity index (χ0v) is 12.8. The van der Waals surface area contributed by atoms with Gasteiger partial charge in [0.15, 0.2) is 6.61 Å². The Morgan fingerprint density at radius 3 is 2.57 bits per heavy atom. The van der Waals surface area contributed by atoms with Gasteiger partial charge in [0.1, 0.15) is 11.8 Å². The van der Waals surface area contributed by atoms with Gasteiger partial charge in [0.25, 0.3) is 12.0 Å². The van der Waals surface area contributed by atoms with Crippen molar-refractivity contribution in [3.8, 4) is 23.1 Å². The number of nitriles is 1. The van der Waals surface area contributed by atoms with E-state index in [1.807, 2.05) is 6.07 Å². The number of halogens is 2. The van der Waals surface area contributed by atoms with Gasteiger partial charge in [-0.05, 0) is 43.7 Å². The lowest BCUT2D eigenvalue weighted by Gasteiger charge is -2.16. The molecule has 0 atom stereocenters. The lowest BCUT2D eigenvalue weighted by Crippen LogP contribution is -2.26. The van der Waals surface area contributed by atoms with E-state index in [9.17, 15) is 13.6 Å². The van der Waals surface area contributed by atoms with Crippen molar-refractivity contribution >= 4 is 0 Å². The fourth-order valence-corrected chi connectivity index (χ4v) is 2.37. The molecule has 0 amide bonds. The summed E-state index contributed by atoms with van der Waals surface area (Å²) < 4.78 is 32.0. The van der Waals surface area contributed by atoms with Gasteiger partial charge in [0.05, 0.1) is 12.2 Å². The van der Waals surface area contributed by atoms with Crippen LogP contribution < -0.4 is 10.3 Å². The molecule has 0 fully saturated rings. The van der Waals surface area contributed by atoms with E-state index >= 15 is 0 Å². The predicted octanol–water partition coefficient (Wildman–Crippen LogP) is 3.30. The summed E-state index contributed by atoms with van der Waals surface area (Å²) in [5.74, 6) is 0.516. The Bertz CT molecular complexity index is 807. The maximum absolute atomic E-state index is 12.8. The van der Waals surface area contributed by atoms with Crippen molar-refractivity contribution in [2.24, 2.45) is 0 Å². The molecule has 2 rings (SSSR count). The number of aromatic nitrogens is 1. The third kappa shape index (κ3) is 3.75. The minimum atomic E-state index is -2.62. The van der Waals surface area contributed by atoms with Crippen LogP contribution in [0.4, 0.5) is 8.78 Å². The summed E-state index contributed by atoms with van der Waals surface area (Å²) in [6.45, 7) is 2.67. The maximum atomic E-state index is 12.8. The van der Waals surface area contributed by atoms with Gasteiger partial charge in [-0.2, -0.15) is 5.26 Å². The Hall–Kier alpha value is -2.68. The molecule has 1 aromatic heterocycles. The number of benzene rings is 1. The molecule has 4 nitrogen and oxygen atoms in total. The Kier molecular flexibility index (Phi) is 5.12. The van der Waals surface area contributed by atoms with E-state index in [4.69, 9.17) is 10.00 Å². The number of ether oxygens (including phenoxy) is 1. The Balaban J connectivity index is 2.52. The van der Waals surface area contributed by atoms with Gasteiger partial charge in [-0.1, -0.05) is 6.07 Å². The molecule has 0 bridgehead atoms. The molecule has 0 aliphatic carbocycles. The first kappa shape index (κ1) is 16.7. The molecule has 0 spiro atoms. The molecule has 23 heavy (non-hydrogen) atoms. The van der Waals surface area contributed by atoms with Gasteiger partial charge in [0, 0.05) is 11.1 Å². The molecule has 1 heterocycles. The number of rotatable bonds is 5. The number of alkyl halides is 2. The van der Waals surface area contributed by atoms with Gasteiger partial charge < -0.3 is 9.30 Å². The quantitative estimate of drug-likeness (QED) is 0.850. The highest BCUT2D eigenvalue weighted by molar-refractivity contribution is 5.65. The van der Waals surface area contributed by atoms with Crippen LogP contribution in [0.1, 0.15) is 11.1 Å². The standard InChI is InChI=1S/C17H16F2N2O2/c1-11-3-6-15(21(17(11)22)10-16(18)19)14-5-4-13(9-12(14)2)23-8-7-20/h3-6,9,16H,8,10H2,1-2H3. The van der Waals surface area contributed by atoms with Crippen molar-refractivity contribution in [1.82, 2.24) is 4.57 Å². The first-order chi connectivity index (χ1) is 10.9. The third-order valence-corrected chi connectivity index (χ3v) is 3.46. The fraction of sp³-hybridized carbons (Fsp3) is 0.294. The molecular weight excluding hydrogens is 302 g/mol. The highest BCUT2D eigenvalue weighted by Gasteiger charge is 2.14. The van der Waals surface area contributed by atoms with Gasteiger partial charge in [0.2, 0.25) is 0 Å². The van der Waals surface area contributed by atoms with Crippen molar-refractivity contribution in [3.63, 3.8) is 0 Å². The molecule has 120 valence electrons. The van der Waals surface area contributed by atoms with E-state index in [0.717, 1.165) is 10.1 Å². The molecule has 0 aliphatic rings. The average Bonchev–Trinajstić information content (AvgIpc) is 2.50. The molecule has 0 radical (unpaired) electrons. The van der Waals surface area contributed by atoms with E-state index < -0.39 is 18.5 Å². The monoisotopic (exact) mass is 318 g/mol. The first-order valence-electron chi connectivity index (χ1n) is 7.03. The summed E-state index contributed by atoms with van der Waals surface area (Å²) in [4.78, 5) is 12.2. The summed E-state index contributed by atoms with van der Waals surface area (Å²) in [5, 5.41) is 8.52. The zero-order valence-electron chi connectivity index (χ0n) is 12.8. The molecule has 0 saturated carbocycles. The lowest BCUT2D eigenvalue weighted by atomic mass is 10.0. The molecule has 0 unspecified atom stereocenters. The van der Waals surface area contributed by atoms with E-state index in [1.54, 1.807) is 44.2 Å². The second-order valence-corrected chi connectivity index (χ2v) is 5.13. The van der Waals surface area contributed by atoms with Gasteiger partial charge in [-0.3, -0.25) is 4.79 Å². The van der Waals surface area contributed by atoms with E-state index in [-0.39, 0.29) is 6.61 Å². The van der Waals surface area contributed by atoms with Crippen LogP contribution in [0.15, 0.2) is 35.1 Å². The van der Waals surface area contributed by atoms with Crippen LogP contribution in [0.3, 0.4) is 0 Å². The van der Waals surface area contributed by atoms with Crippen molar-refractivity contribution in [1.29, 1.82) is 5.26 Å². The molecular formula is C17H16F2N2O2. The molecule has 0 N–H and O–H groups in total. The number of hydrogen-bond donors (Lipinski definition) is 0. The second kappa shape index (κ2) is 7.05. The van der Waals surface area contributed by atoms with Crippen LogP contribution in [0.5, 0.6) is 5.75 Å². The molecule has 1 aromatic carbocycles. The summed E-state index contributed by atoms with van der Waals surface area (Å²) in [6, 6.07) is 10.2. The molecule has 0 aliphatic heterocycles. The minimum Gasteiger partial charge on any atom is -0.479 e. The normalized spacial score (nSPS) is 10.6. The van der Waals surface area contributed by atoms with Crippen LogP contribution >= 0.6 is 0 Å². The van der Waals surface area contributed by atoms with Crippen molar-refractivity contribution in [2.75, 3.05) is 6.61 Å². The lowest BCUT2D eigenvalue weighted by molar-refractivity contribution is 0.126. The van der Waals surface area contributed by atoms with Gasteiger partial charge >= 0.3 is 0 Å². The SMILES string of the molecule is Cc1cc(OCC#N)ccc1-c1ccc(C)c(=O)n1CC(F)F. The largest absolute Gasteiger partial charge is 0.479 e. The molecule has 2 aromatic rings. The van der Waals surface area contributed by atoms with E-state index in [1.165, 1.54) is 0 Å². The highest BCUT2D eigenvalue weighted by Crippen LogP contribution is 2.27. The van der Waals surface area contributed by atoms with Crippen LogP contribution in [0.25, 0.3) is 11.3 Å². The summed E-state index contributed by atoms with van der Waals surface area (Å²) in [6.07, 6.45) is -2.62. The van der Waals surface area contributed by atoms with Crippen molar-refractivity contribution < 1.29 is 13.5 Å². The number of nitrogens with zero attached hydrogens (tertiary/aromatic N) is 2. The van der Waals surface area contributed by atoms with E-state index in [2.05, 4.69) is 0 Å². The van der Waals surface area contributed by atoms with Gasteiger partial charge in [-0.15, -0.1) is 0 Å². The second-order valence-electron chi connectivity index (χ2n) is 5.13. The van der Waals surface area contributed by atoms with Crippen molar-refractivity contribution in [3.05, 3.63) is 51.8 Å². The highest BCUT2D eigenvalue weighted by atomic mass is 19.3. The molecule has 0 saturated heterocycles. The van der Waals surface area contributed by atoms with Gasteiger partial charge in [-0.25, -0.2) is 8.78 Å². The predicted molar refractivity (Wildman–Crippen MR) is 82.7 cm³/mol. The Morgan fingerprint density at radius 1 is 1.22 bits per heavy atom. The van der Waals surface area contributed by atoms with Crippen LogP contribution in [0.2, 0.25) is 0 Å². The first-order valence-corrected chi connectivity index (χ1v) is 7.03.